The van der Waals surface area contributed by atoms with Crippen molar-refractivity contribution < 1.29 is 9.53 Å². The molecular weight excluding hydrogens is 170 g/mol. The molecule has 1 unspecified atom stereocenters. The van der Waals surface area contributed by atoms with E-state index in [0.717, 1.165) is 0 Å². The standard InChI is InChI=1S/C8H13N3O2/c1-4-13-8(12)6(2)7-10-9-5-11(7)3/h5-6H,4H2,1-3H3. The first-order valence-corrected chi connectivity index (χ1v) is 4.17. The Hall–Kier alpha value is -1.39. The van der Waals surface area contributed by atoms with Crippen LogP contribution in [-0.4, -0.2) is 27.3 Å². The van der Waals surface area contributed by atoms with E-state index in [1.165, 1.54) is 0 Å². The highest BCUT2D eigenvalue weighted by Crippen LogP contribution is 2.12. The van der Waals surface area contributed by atoms with Crippen LogP contribution < -0.4 is 0 Å². The highest BCUT2D eigenvalue weighted by Gasteiger charge is 2.20. The minimum Gasteiger partial charge on any atom is -0.465 e. The summed E-state index contributed by atoms with van der Waals surface area (Å²) in [6, 6.07) is 0. The van der Waals surface area contributed by atoms with Gasteiger partial charge in [0.2, 0.25) is 0 Å². The summed E-state index contributed by atoms with van der Waals surface area (Å²) in [5, 5.41) is 7.52. The van der Waals surface area contributed by atoms with E-state index >= 15 is 0 Å². The number of hydrogen-bond acceptors (Lipinski definition) is 4. The summed E-state index contributed by atoms with van der Waals surface area (Å²) in [5.41, 5.74) is 0. The fourth-order valence-electron chi connectivity index (χ4n) is 1.06. The van der Waals surface area contributed by atoms with Gasteiger partial charge < -0.3 is 9.30 Å². The molecule has 5 nitrogen and oxygen atoms in total. The summed E-state index contributed by atoms with van der Waals surface area (Å²) in [6.45, 7) is 3.92. The van der Waals surface area contributed by atoms with Crippen LogP contribution in [-0.2, 0) is 16.6 Å². The van der Waals surface area contributed by atoms with Crippen molar-refractivity contribution in [2.24, 2.45) is 7.05 Å². The van der Waals surface area contributed by atoms with Crippen LogP contribution >= 0.6 is 0 Å². The molecule has 0 aliphatic heterocycles. The van der Waals surface area contributed by atoms with Gasteiger partial charge in [0.05, 0.1) is 6.61 Å². The van der Waals surface area contributed by atoms with Crippen molar-refractivity contribution in [3.05, 3.63) is 12.2 Å². The molecular formula is C8H13N3O2. The predicted molar refractivity (Wildman–Crippen MR) is 46.1 cm³/mol. The topological polar surface area (TPSA) is 57.0 Å². The maximum atomic E-state index is 11.3. The molecule has 0 bridgehead atoms. The molecule has 1 rings (SSSR count). The zero-order chi connectivity index (χ0) is 9.84. The lowest BCUT2D eigenvalue weighted by Gasteiger charge is -2.08. The molecule has 0 radical (unpaired) electrons. The summed E-state index contributed by atoms with van der Waals surface area (Å²) in [4.78, 5) is 11.3. The third-order valence-corrected chi connectivity index (χ3v) is 1.77. The average Bonchev–Trinajstić information content (AvgIpc) is 2.50. The Morgan fingerprint density at radius 2 is 2.46 bits per heavy atom. The minimum absolute atomic E-state index is 0.265. The van der Waals surface area contributed by atoms with Crippen LogP contribution in [0.2, 0.25) is 0 Å². The fourth-order valence-corrected chi connectivity index (χ4v) is 1.06. The predicted octanol–water partition coefficient (Wildman–Crippen LogP) is 0.482. The monoisotopic (exact) mass is 183 g/mol. The number of carbonyl (C=O) groups excluding carboxylic acids is 1. The third-order valence-electron chi connectivity index (χ3n) is 1.77. The lowest BCUT2D eigenvalue weighted by atomic mass is 10.2. The number of esters is 1. The Morgan fingerprint density at radius 3 is 2.92 bits per heavy atom. The molecule has 0 saturated heterocycles. The molecule has 0 fully saturated rings. The number of carbonyl (C=O) groups is 1. The normalized spacial score (nSPS) is 12.5. The Kier molecular flexibility index (Phi) is 3.00. The van der Waals surface area contributed by atoms with Gasteiger partial charge in [-0.3, -0.25) is 4.79 Å². The van der Waals surface area contributed by atoms with Gasteiger partial charge in [0.15, 0.2) is 0 Å². The molecule has 0 aliphatic carbocycles. The van der Waals surface area contributed by atoms with Crippen LogP contribution in [0.4, 0.5) is 0 Å². The molecule has 0 spiro atoms. The summed E-state index contributed by atoms with van der Waals surface area (Å²) < 4.78 is 6.57. The summed E-state index contributed by atoms with van der Waals surface area (Å²) in [5.74, 6) is 0.00417. The van der Waals surface area contributed by atoms with Crippen molar-refractivity contribution in [1.29, 1.82) is 0 Å². The number of aromatic nitrogens is 3. The molecule has 0 aromatic carbocycles. The smallest absolute Gasteiger partial charge is 0.316 e. The molecule has 72 valence electrons. The van der Waals surface area contributed by atoms with E-state index in [-0.39, 0.29) is 11.9 Å². The van der Waals surface area contributed by atoms with Crippen LogP contribution in [0.3, 0.4) is 0 Å². The molecule has 1 heterocycles. The highest BCUT2D eigenvalue weighted by molar-refractivity contribution is 5.76. The third kappa shape index (κ3) is 2.05. The second kappa shape index (κ2) is 4.02. The first-order chi connectivity index (χ1) is 6.16. The van der Waals surface area contributed by atoms with Gasteiger partial charge in [-0.15, -0.1) is 10.2 Å². The van der Waals surface area contributed by atoms with Crippen molar-refractivity contribution in [2.45, 2.75) is 19.8 Å². The van der Waals surface area contributed by atoms with Gasteiger partial charge >= 0.3 is 5.97 Å². The van der Waals surface area contributed by atoms with Gasteiger partial charge in [0.25, 0.3) is 0 Å². The lowest BCUT2D eigenvalue weighted by molar-refractivity contribution is -0.144. The largest absolute Gasteiger partial charge is 0.465 e. The van der Waals surface area contributed by atoms with E-state index in [9.17, 15) is 4.79 Å². The van der Waals surface area contributed by atoms with Crippen LogP contribution in [0.5, 0.6) is 0 Å². The van der Waals surface area contributed by atoms with Gasteiger partial charge in [0, 0.05) is 7.05 Å². The number of aryl methyl sites for hydroxylation is 1. The number of hydrogen-bond donors (Lipinski definition) is 0. The van der Waals surface area contributed by atoms with Crippen LogP contribution in [0.15, 0.2) is 6.33 Å². The number of nitrogens with zero attached hydrogens (tertiary/aromatic N) is 3. The van der Waals surface area contributed by atoms with E-state index in [1.54, 1.807) is 31.8 Å². The SMILES string of the molecule is CCOC(=O)C(C)c1nncn1C. The van der Waals surface area contributed by atoms with Crippen molar-refractivity contribution in [1.82, 2.24) is 14.8 Å². The Balaban J connectivity index is 2.73. The van der Waals surface area contributed by atoms with Crippen molar-refractivity contribution >= 4 is 5.97 Å². The second-order valence-corrected chi connectivity index (χ2v) is 2.77. The molecule has 0 aliphatic rings. The number of ether oxygens (including phenoxy) is 1. The molecule has 1 aromatic heterocycles. The van der Waals surface area contributed by atoms with Gasteiger partial charge in [-0.05, 0) is 13.8 Å². The van der Waals surface area contributed by atoms with E-state index in [0.29, 0.717) is 12.4 Å². The zero-order valence-electron chi connectivity index (χ0n) is 8.02. The average molecular weight is 183 g/mol. The summed E-state index contributed by atoms with van der Waals surface area (Å²) in [7, 11) is 1.80. The van der Waals surface area contributed by atoms with E-state index in [4.69, 9.17) is 4.74 Å². The first-order valence-electron chi connectivity index (χ1n) is 4.17. The van der Waals surface area contributed by atoms with Gasteiger partial charge in [-0.1, -0.05) is 0 Å². The molecule has 0 amide bonds. The second-order valence-electron chi connectivity index (χ2n) is 2.77. The molecule has 13 heavy (non-hydrogen) atoms. The quantitative estimate of drug-likeness (QED) is 0.639. The Bertz CT molecular complexity index is 295. The van der Waals surface area contributed by atoms with Gasteiger partial charge in [-0.2, -0.15) is 0 Å². The van der Waals surface area contributed by atoms with E-state index in [2.05, 4.69) is 10.2 Å². The van der Waals surface area contributed by atoms with Crippen molar-refractivity contribution in [3.8, 4) is 0 Å². The Morgan fingerprint density at radius 1 is 1.77 bits per heavy atom. The summed E-state index contributed by atoms with van der Waals surface area (Å²) in [6.07, 6.45) is 1.56. The van der Waals surface area contributed by atoms with Gasteiger partial charge in [-0.25, -0.2) is 0 Å². The Labute approximate surface area is 76.7 Å². The van der Waals surface area contributed by atoms with E-state index < -0.39 is 0 Å². The molecule has 5 heteroatoms. The molecule has 0 N–H and O–H groups in total. The van der Waals surface area contributed by atoms with Crippen molar-refractivity contribution in [3.63, 3.8) is 0 Å². The maximum absolute atomic E-state index is 11.3. The zero-order valence-corrected chi connectivity index (χ0v) is 8.02. The lowest BCUT2D eigenvalue weighted by Crippen LogP contribution is -2.16. The fraction of sp³-hybridized carbons (Fsp3) is 0.625. The first kappa shape index (κ1) is 9.70. The maximum Gasteiger partial charge on any atom is 0.316 e. The number of rotatable bonds is 3. The van der Waals surface area contributed by atoms with Crippen LogP contribution in [0.1, 0.15) is 25.6 Å². The summed E-state index contributed by atoms with van der Waals surface area (Å²) >= 11 is 0. The minimum atomic E-state index is -0.354. The van der Waals surface area contributed by atoms with Crippen molar-refractivity contribution in [2.75, 3.05) is 6.61 Å². The van der Waals surface area contributed by atoms with Crippen LogP contribution in [0.25, 0.3) is 0 Å². The van der Waals surface area contributed by atoms with Gasteiger partial charge in [0.1, 0.15) is 18.1 Å². The molecule has 1 atom stereocenters. The highest BCUT2D eigenvalue weighted by atomic mass is 16.5. The van der Waals surface area contributed by atoms with Crippen LogP contribution in [0, 0.1) is 0 Å². The molecule has 0 saturated carbocycles. The molecule has 1 aromatic rings. The van der Waals surface area contributed by atoms with E-state index in [1.807, 2.05) is 0 Å².